The molecule has 0 saturated heterocycles. The van der Waals surface area contributed by atoms with E-state index in [2.05, 4.69) is 28.0 Å². The predicted octanol–water partition coefficient (Wildman–Crippen LogP) is 5.32. The number of carbonyl (C=O) groups is 1. The molecule has 3 rings (SSSR count). The van der Waals surface area contributed by atoms with Crippen molar-refractivity contribution < 1.29 is 19.0 Å². The largest absolute Gasteiger partial charge is 0.493 e. The van der Waals surface area contributed by atoms with Crippen molar-refractivity contribution in [2.45, 2.75) is 20.3 Å². The molecule has 0 aromatic heterocycles. The lowest BCUT2D eigenvalue weighted by Crippen LogP contribution is -2.24. The van der Waals surface area contributed by atoms with E-state index in [9.17, 15) is 4.79 Å². The van der Waals surface area contributed by atoms with Crippen molar-refractivity contribution in [2.24, 2.45) is 5.10 Å². The Bertz CT molecular complexity index is 1080. The van der Waals surface area contributed by atoms with Gasteiger partial charge in [0.2, 0.25) is 0 Å². The van der Waals surface area contributed by atoms with E-state index in [0.717, 1.165) is 16.9 Å². The second-order valence-corrected chi connectivity index (χ2v) is 7.39. The van der Waals surface area contributed by atoms with Crippen LogP contribution in [0.1, 0.15) is 23.1 Å². The Balaban J connectivity index is 1.54. The summed E-state index contributed by atoms with van der Waals surface area (Å²) in [4.78, 5) is 12.0. The van der Waals surface area contributed by atoms with Gasteiger partial charge in [0, 0.05) is 17.7 Å². The van der Waals surface area contributed by atoms with Gasteiger partial charge >= 0.3 is 6.03 Å². The van der Waals surface area contributed by atoms with Crippen molar-refractivity contribution in [3.8, 4) is 17.2 Å². The maximum absolute atomic E-state index is 12.0. The van der Waals surface area contributed by atoms with E-state index < -0.39 is 6.03 Å². The summed E-state index contributed by atoms with van der Waals surface area (Å²) in [6.07, 6.45) is 2.22. The van der Waals surface area contributed by atoms with E-state index in [-0.39, 0.29) is 0 Å². The topological polar surface area (TPSA) is 81.2 Å². The number of benzene rings is 3. The van der Waals surface area contributed by atoms with Crippen LogP contribution in [0, 0.1) is 13.8 Å². The number of hydrogen-bond donors (Lipinski definition) is 2. The molecular formula is C26H29N3O4. The third-order valence-electron chi connectivity index (χ3n) is 4.77. The number of para-hydroxylation sites is 2. The first kappa shape index (κ1) is 23.7. The number of carbonyl (C=O) groups excluding carboxylic acids is 1. The molecule has 0 atom stereocenters. The van der Waals surface area contributed by atoms with Crippen molar-refractivity contribution in [1.82, 2.24) is 5.43 Å². The zero-order valence-electron chi connectivity index (χ0n) is 19.1. The molecule has 0 saturated carbocycles. The fourth-order valence-corrected chi connectivity index (χ4v) is 3.07. The van der Waals surface area contributed by atoms with Gasteiger partial charge in [0.05, 0.1) is 26.5 Å². The number of urea groups is 1. The Morgan fingerprint density at radius 3 is 2.52 bits per heavy atom. The Kier molecular flexibility index (Phi) is 8.71. The second-order valence-electron chi connectivity index (χ2n) is 7.39. The molecule has 0 bridgehead atoms. The number of aryl methyl sites for hydroxylation is 2. The molecule has 0 unspecified atom stereocenters. The third kappa shape index (κ3) is 7.28. The zero-order chi connectivity index (χ0) is 23.5. The van der Waals surface area contributed by atoms with E-state index >= 15 is 0 Å². The van der Waals surface area contributed by atoms with Crippen LogP contribution in [0.5, 0.6) is 17.2 Å². The van der Waals surface area contributed by atoms with Crippen LogP contribution in [-0.4, -0.2) is 32.6 Å². The molecule has 33 heavy (non-hydrogen) atoms. The highest BCUT2D eigenvalue weighted by molar-refractivity contribution is 5.91. The highest BCUT2D eigenvalue weighted by atomic mass is 16.5. The number of ether oxygens (including phenoxy) is 3. The lowest BCUT2D eigenvalue weighted by molar-refractivity contribution is 0.239. The first-order valence-corrected chi connectivity index (χ1v) is 10.7. The van der Waals surface area contributed by atoms with Crippen LogP contribution in [0.25, 0.3) is 0 Å². The number of anilines is 1. The van der Waals surface area contributed by atoms with Gasteiger partial charge in [-0.15, -0.1) is 0 Å². The molecular weight excluding hydrogens is 418 g/mol. The number of hydrogen-bond acceptors (Lipinski definition) is 5. The van der Waals surface area contributed by atoms with E-state index in [0.29, 0.717) is 42.4 Å². The number of amides is 2. The molecule has 3 aromatic rings. The van der Waals surface area contributed by atoms with Gasteiger partial charge in [-0.25, -0.2) is 10.2 Å². The van der Waals surface area contributed by atoms with Crippen LogP contribution in [-0.2, 0) is 0 Å². The minimum absolute atomic E-state index is 0.438. The van der Waals surface area contributed by atoms with E-state index in [1.807, 2.05) is 56.3 Å². The fraction of sp³-hybridized carbons (Fsp3) is 0.231. The summed E-state index contributed by atoms with van der Waals surface area (Å²) in [6.45, 7) is 5.04. The van der Waals surface area contributed by atoms with Crippen molar-refractivity contribution in [3.05, 3.63) is 83.4 Å². The van der Waals surface area contributed by atoms with Gasteiger partial charge in [-0.1, -0.05) is 36.4 Å². The molecule has 0 spiro atoms. The molecule has 0 aliphatic rings. The highest BCUT2D eigenvalue weighted by Gasteiger charge is 2.10. The lowest BCUT2D eigenvalue weighted by atomic mass is 10.1. The molecule has 2 amide bonds. The van der Waals surface area contributed by atoms with Crippen molar-refractivity contribution >= 4 is 17.9 Å². The molecule has 7 nitrogen and oxygen atoms in total. The van der Waals surface area contributed by atoms with Crippen LogP contribution >= 0.6 is 0 Å². The molecule has 172 valence electrons. The first-order chi connectivity index (χ1) is 16.1. The summed E-state index contributed by atoms with van der Waals surface area (Å²) in [6, 6.07) is 20.3. The molecule has 7 heteroatoms. The van der Waals surface area contributed by atoms with Crippen LogP contribution < -0.4 is 25.0 Å². The summed E-state index contributed by atoms with van der Waals surface area (Å²) in [5.41, 5.74) is 6.08. The summed E-state index contributed by atoms with van der Waals surface area (Å²) in [5.74, 6) is 2.03. The van der Waals surface area contributed by atoms with Gasteiger partial charge in [0.1, 0.15) is 5.75 Å². The van der Waals surface area contributed by atoms with Crippen LogP contribution in [0.4, 0.5) is 10.5 Å². The minimum atomic E-state index is -0.439. The number of nitrogens with one attached hydrogen (secondary N) is 2. The quantitative estimate of drug-likeness (QED) is 0.251. The maximum Gasteiger partial charge on any atom is 0.339 e. The number of nitrogens with zero attached hydrogens (tertiary/aromatic N) is 1. The second kappa shape index (κ2) is 12.1. The van der Waals surface area contributed by atoms with Gasteiger partial charge in [-0.05, 0) is 55.3 Å². The Hall–Kier alpha value is -4.00. The molecule has 0 radical (unpaired) electrons. The van der Waals surface area contributed by atoms with Gasteiger partial charge in [-0.3, -0.25) is 0 Å². The van der Waals surface area contributed by atoms with E-state index in [1.54, 1.807) is 19.2 Å². The molecule has 0 aliphatic heterocycles. The van der Waals surface area contributed by atoms with Crippen molar-refractivity contribution in [3.63, 3.8) is 0 Å². The average molecular weight is 448 g/mol. The minimum Gasteiger partial charge on any atom is -0.493 e. The van der Waals surface area contributed by atoms with Crippen LogP contribution in [0.15, 0.2) is 71.8 Å². The highest BCUT2D eigenvalue weighted by Crippen LogP contribution is 2.30. The van der Waals surface area contributed by atoms with Crippen molar-refractivity contribution in [1.29, 1.82) is 0 Å². The first-order valence-electron chi connectivity index (χ1n) is 10.7. The Morgan fingerprint density at radius 1 is 0.939 bits per heavy atom. The molecule has 3 aromatic carbocycles. The zero-order valence-corrected chi connectivity index (χ0v) is 19.1. The summed E-state index contributed by atoms with van der Waals surface area (Å²) in [7, 11) is 1.58. The summed E-state index contributed by atoms with van der Waals surface area (Å²) < 4.78 is 17.3. The van der Waals surface area contributed by atoms with Crippen molar-refractivity contribution in [2.75, 3.05) is 25.6 Å². The average Bonchev–Trinajstić information content (AvgIpc) is 2.82. The predicted molar refractivity (Wildman–Crippen MR) is 131 cm³/mol. The number of methoxy groups -OCH3 is 1. The van der Waals surface area contributed by atoms with Gasteiger partial charge in [0.15, 0.2) is 11.5 Å². The molecule has 0 fully saturated rings. The number of hydrazone groups is 1. The van der Waals surface area contributed by atoms with Gasteiger partial charge in [-0.2, -0.15) is 5.10 Å². The fourth-order valence-electron chi connectivity index (χ4n) is 3.07. The smallest absolute Gasteiger partial charge is 0.339 e. The van der Waals surface area contributed by atoms with Gasteiger partial charge in [0.25, 0.3) is 0 Å². The van der Waals surface area contributed by atoms with E-state index in [1.165, 1.54) is 6.21 Å². The van der Waals surface area contributed by atoms with Crippen LogP contribution in [0.2, 0.25) is 0 Å². The van der Waals surface area contributed by atoms with Crippen LogP contribution in [0.3, 0.4) is 0 Å². The number of rotatable bonds is 10. The Labute approximate surface area is 194 Å². The van der Waals surface area contributed by atoms with E-state index in [4.69, 9.17) is 14.2 Å². The Morgan fingerprint density at radius 2 is 1.73 bits per heavy atom. The monoisotopic (exact) mass is 447 g/mol. The molecule has 0 aliphatic carbocycles. The standard InChI is InChI=1S/C26H29N3O4/c1-19-13-14-20(2)24(17-19)32-15-8-16-33-25-21(9-7-12-23(25)31-3)18-27-29-26(30)28-22-10-5-4-6-11-22/h4-7,9-14,17-18H,8,15-16H2,1-3H3,(H2,28,29,30)/b27-18-. The summed E-state index contributed by atoms with van der Waals surface area (Å²) in [5, 5.41) is 6.73. The molecule has 2 N–H and O–H groups in total. The molecule has 0 heterocycles. The normalized spacial score (nSPS) is 10.6. The van der Waals surface area contributed by atoms with Gasteiger partial charge < -0.3 is 19.5 Å². The summed E-state index contributed by atoms with van der Waals surface area (Å²) >= 11 is 0. The maximum atomic E-state index is 12.0. The lowest BCUT2D eigenvalue weighted by Gasteiger charge is -2.14. The SMILES string of the molecule is COc1cccc(/C=N\NC(=O)Nc2ccccc2)c1OCCCOc1cc(C)ccc1C. The third-order valence-corrected chi connectivity index (χ3v) is 4.77.